The summed E-state index contributed by atoms with van der Waals surface area (Å²) >= 11 is 12.2. The van der Waals surface area contributed by atoms with Gasteiger partial charge in [-0.3, -0.25) is 9.59 Å². The van der Waals surface area contributed by atoms with E-state index in [1.807, 2.05) is 37.3 Å². The topological polar surface area (TPSA) is 40.6 Å². The SMILES string of the molecule is CCN(C1=C(c2ccc(F)cc2)C(=O)N(c2cc(Cl)cc(Cl)c2)C1=O)c1ccccc1. The van der Waals surface area contributed by atoms with Gasteiger partial charge < -0.3 is 4.90 Å². The van der Waals surface area contributed by atoms with E-state index in [1.165, 1.54) is 42.5 Å². The molecule has 1 aliphatic rings. The largest absolute Gasteiger partial charge is 0.337 e. The van der Waals surface area contributed by atoms with Gasteiger partial charge in [0.1, 0.15) is 11.5 Å². The van der Waals surface area contributed by atoms with Crippen molar-refractivity contribution in [3.8, 4) is 0 Å². The second kappa shape index (κ2) is 8.53. The maximum Gasteiger partial charge on any atom is 0.282 e. The molecule has 31 heavy (non-hydrogen) atoms. The highest BCUT2D eigenvalue weighted by molar-refractivity contribution is 6.47. The molecule has 0 aromatic heterocycles. The Hall–Kier alpha value is -3.15. The highest BCUT2D eigenvalue weighted by Crippen LogP contribution is 2.38. The quantitative estimate of drug-likeness (QED) is 0.447. The Bertz CT molecular complexity index is 1170. The predicted octanol–water partition coefficient (Wildman–Crippen LogP) is 5.94. The molecule has 0 N–H and O–H groups in total. The Labute approximate surface area is 189 Å². The van der Waals surface area contributed by atoms with E-state index in [-0.39, 0.29) is 17.0 Å². The van der Waals surface area contributed by atoms with Gasteiger partial charge in [-0.1, -0.05) is 53.5 Å². The van der Waals surface area contributed by atoms with E-state index >= 15 is 0 Å². The van der Waals surface area contributed by atoms with Crippen LogP contribution in [-0.2, 0) is 9.59 Å². The zero-order valence-corrected chi connectivity index (χ0v) is 18.0. The summed E-state index contributed by atoms with van der Waals surface area (Å²) in [5.41, 5.74) is 1.87. The van der Waals surface area contributed by atoms with Gasteiger partial charge >= 0.3 is 0 Å². The van der Waals surface area contributed by atoms with Crippen molar-refractivity contribution in [1.82, 2.24) is 0 Å². The van der Waals surface area contributed by atoms with Gasteiger partial charge in [-0.25, -0.2) is 9.29 Å². The summed E-state index contributed by atoms with van der Waals surface area (Å²) in [6, 6.07) is 19.3. The third-order valence-electron chi connectivity index (χ3n) is 4.95. The molecule has 0 radical (unpaired) electrons. The molecule has 0 unspecified atom stereocenters. The Kier molecular flexibility index (Phi) is 5.81. The minimum atomic E-state index is -0.528. The van der Waals surface area contributed by atoms with Crippen molar-refractivity contribution in [1.29, 1.82) is 0 Å². The summed E-state index contributed by atoms with van der Waals surface area (Å²) in [5, 5.41) is 0.602. The van der Waals surface area contributed by atoms with Crippen molar-refractivity contribution >= 4 is 52.0 Å². The fourth-order valence-corrected chi connectivity index (χ4v) is 4.14. The molecule has 1 aliphatic heterocycles. The number of hydrogen-bond donors (Lipinski definition) is 0. The third-order valence-corrected chi connectivity index (χ3v) is 5.39. The molecule has 0 saturated heterocycles. The number of imide groups is 1. The van der Waals surface area contributed by atoms with Gasteiger partial charge in [0.15, 0.2) is 0 Å². The standard InChI is InChI=1S/C24H17Cl2FN2O2/c1-2-28(19-6-4-3-5-7-19)22-21(15-8-10-18(27)11-9-15)23(30)29(24(22)31)20-13-16(25)12-17(26)14-20/h3-14H,2H2,1H3. The molecule has 156 valence electrons. The van der Waals surface area contributed by atoms with Crippen molar-refractivity contribution in [3.63, 3.8) is 0 Å². The minimum Gasteiger partial charge on any atom is -0.337 e. The first-order valence-electron chi connectivity index (χ1n) is 9.58. The Balaban J connectivity index is 1.92. The van der Waals surface area contributed by atoms with E-state index < -0.39 is 17.6 Å². The van der Waals surface area contributed by atoms with E-state index in [1.54, 1.807) is 4.90 Å². The van der Waals surface area contributed by atoms with Crippen molar-refractivity contribution in [2.75, 3.05) is 16.3 Å². The highest BCUT2D eigenvalue weighted by Gasteiger charge is 2.42. The lowest BCUT2D eigenvalue weighted by Crippen LogP contribution is -2.35. The van der Waals surface area contributed by atoms with Crippen LogP contribution in [0.1, 0.15) is 12.5 Å². The number of carbonyl (C=O) groups excluding carboxylic acids is 2. The van der Waals surface area contributed by atoms with Crippen LogP contribution in [0.5, 0.6) is 0 Å². The van der Waals surface area contributed by atoms with Crippen LogP contribution in [0.3, 0.4) is 0 Å². The van der Waals surface area contributed by atoms with Crippen molar-refractivity contribution < 1.29 is 14.0 Å². The summed E-state index contributed by atoms with van der Waals surface area (Å²) in [4.78, 5) is 30.0. The van der Waals surface area contributed by atoms with Gasteiger partial charge in [0, 0.05) is 22.3 Å². The minimum absolute atomic E-state index is 0.187. The van der Waals surface area contributed by atoms with Gasteiger partial charge in [0.05, 0.1) is 11.3 Å². The molecular weight excluding hydrogens is 438 g/mol. The predicted molar refractivity (Wildman–Crippen MR) is 122 cm³/mol. The lowest BCUT2D eigenvalue weighted by atomic mass is 10.0. The number of nitrogens with zero attached hydrogens (tertiary/aromatic N) is 2. The monoisotopic (exact) mass is 454 g/mol. The van der Waals surface area contributed by atoms with Crippen LogP contribution in [0, 0.1) is 5.82 Å². The van der Waals surface area contributed by atoms with E-state index in [0.29, 0.717) is 22.2 Å². The van der Waals surface area contributed by atoms with E-state index in [4.69, 9.17) is 23.2 Å². The molecule has 1 heterocycles. The van der Waals surface area contributed by atoms with Crippen LogP contribution < -0.4 is 9.80 Å². The summed E-state index contributed by atoms with van der Waals surface area (Å²) in [6.45, 7) is 2.33. The molecule has 0 spiro atoms. The van der Waals surface area contributed by atoms with Crippen molar-refractivity contribution in [2.24, 2.45) is 0 Å². The van der Waals surface area contributed by atoms with E-state index in [0.717, 1.165) is 10.6 Å². The molecule has 0 aliphatic carbocycles. The van der Waals surface area contributed by atoms with Crippen LogP contribution in [0.15, 0.2) is 78.5 Å². The zero-order chi connectivity index (χ0) is 22.1. The number of para-hydroxylation sites is 1. The number of hydrogen-bond acceptors (Lipinski definition) is 3. The number of rotatable bonds is 5. The van der Waals surface area contributed by atoms with Crippen LogP contribution in [-0.4, -0.2) is 18.4 Å². The first-order chi connectivity index (χ1) is 14.9. The molecule has 0 atom stereocenters. The van der Waals surface area contributed by atoms with Gasteiger partial charge in [0.25, 0.3) is 11.8 Å². The van der Waals surface area contributed by atoms with Gasteiger partial charge in [-0.15, -0.1) is 0 Å². The molecule has 4 rings (SSSR count). The fourth-order valence-electron chi connectivity index (χ4n) is 3.63. The second-order valence-electron chi connectivity index (χ2n) is 6.88. The molecule has 3 aromatic rings. The molecule has 3 aromatic carbocycles. The maximum absolute atomic E-state index is 13.6. The number of halogens is 3. The van der Waals surface area contributed by atoms with Crippen molar-refractivity contribution in [2.45, 2.75) is 6.92 Å². The van der Waals surface area contributed by atoms with Crippen LogP contribution >= 0.6 is 23.2 Å². The molecule has 4 nitrogen and oxygen atoms in total. The molecule has 0 saturated carbocycles. The van der Waals surface area contributed by atoms with E-state index in [2.05, 4.69) is 0 Å². The smallest absolute Gasteiger partial charge is 0.282 e. The molecule has 2 amide bonds. The lowest BCUT2D eigenvalue weighted by molar-refractivity contribution is -0.120. The fraction of sp³-hybridized carbons (Fsp3) is 0.0833. The average molecular weight is 455 g/mol. The molecular formula is C24H17Cl2FN2O2. The van der Waals surface area contributed by atoms with Crippen LogP contribution in [0.25, 0.3) is 5.57 Å². The normalized spacial score (nSPS) is 13.9. The zero-order valence-electron chi connectivity index (χ0n) is 16.5. The van der Waals surface area contributed by atoms with Gasteiger partial charge in [-0.2, -0.15) is 0 Å². The summed E-state index contributed by atoms with van der Waals surface area (Å²) in [7, 11) is 0. The Morgan fingerprint density at radius 1 is 0.871 bits per heavy atom. The molecule has 7 heteroatoms. The summed E-state index contributed by atoms with van der Waals surface area (Å²) in [5.74, 6) is -1.47. The number of anilines is 2. The number of likely N-dealkylation sites (N-methyl/N-ethyl adjacent to an activating group) is 1. The van der Waals surface area contributed by atoms with Crippen molar-refractivity contribution in [3.05, 3.63) is 99.9 Å². The number of benzene rings is 3. The number of carbonyl (C=O) groups is 2. The lowest BCUT2D eigenvalue weighted by Gasteiger charge is -2.25. The van der Waals surface area contributed by atoms with Crippen LogP contribution in [0.4, 0.5) is 15.8 Å². The summed E-state index contributed by atoms with van der Waals surface area (Å²) in [6.07, 6.45) is 0. The van der Waals surface area contributed by atoms with Gasteiger partial charge in [0.2, 0.25) is 0 Å². The molecule has 0 bridgehead atoms. The maximum atomic E-state index is 13.6. The average Bonchev–Trinajstić information content (AvgIpc) is 3.00. The first-order valence-corrected chi connectivity index (χ1v) is 10.3. The Morgan fingerprint density at radius 3 is 2.06 bits per heavy atom. The highest BCUT2D eigenvalue weighted by atomic mass is 35.5. The Morgan fingerprint density at radius 2 is 1.48 bits per heavy atom. The number of amides is 2. The van der Waals surface area contributed by atoms with Crippen LogP contribution in [0.2, 0.25) is 10.0 Å². The van der Waals surface area contributed by atoms with E-state index in [9.17, 15) is 14.0 Å². The second-order valence-corrected chi connectivity index (χ2v) is 7.76. The molecule has 0 fully saturated rings. The van der Waals surface area contributed by atoms with Gasteiger partial charge in [-0.05, 0) is 55.0 Å². The summed E-state index contributed by atoms with van der Waals surface area (Å²) < 4.78 is 13.5. The first kappa shape index (κ1) is 21.1. The third kappa shape index (κ3) is 3.94.